The van der Waals surface area contributed by atoms with Gasteiger partial charge in [-0.05, 0) is 35.5 Å². The standard InChI is InChI=1S/C14H19ClN2S/c1-14(2,3)8-10(15)9-16-13-11-6-4-5-7-12(11)17-18-13/h4-7,10,16H,8-9H2,1-3H3. The molecule has 1 aromatic carbocycles. The van der Waals surface area contributed by atoms with Crippen LogP contribution in [-0.2, 0) is 0 Å². The molecule has 2 aromatic rings. The van der Waals surface area contributed by atoms with Gasteiger partial charge in [0.05, 0.1) is 10.9 Å². The lowest BCUT2D eigenvalue weighted by molar-refractivity contribution is 0.373. The van der Waals surface area contributed by atoms with E-state index < -0.39 is 0 Å². The van der Waals surface area contributed by atoms with Crippen LogP contribution in [0.1, 0.15) is 27.2 Å². The van der Waals surface area contributed by atoms with E-state index in [0.29, 0.717) is 0 Å². The van der Waals surface area contributed by atoms with Crippen molar-refractivity contribution in [3.63, 3.8) is 0 Å². The molecule has 0 bridgehead atoms. The van der Waals surface area contributed by atoms with E-state index in [1.54, 1.807) is 0 Å². The number of anilines is 1. The third-order valence-corrected chi connectivity index (χ3v) is 3.85. The summed E-state index contributed by atoms with van der Waals surface area (Å²) in [6.07, 6.45) is 0.998. The second kappa shape index (κ2) is 5.45. The van der Waals surface area contributed by atoms with Crippen molar-refractivity contribution in [2.45, 2.75) is 32.6 Å². The van der Waals surface area contributed by atoms with Crippen LogP contribution < -0.4 is 5.32 Å². The molecule has 0 fully saturated rings. The van der Waals surface area contributed by atoms with Crippen molar-refractivity contribution in [3.8, 4) is 0 Å². The molecular weight excluding hydrogens is 264 g/mol. The number of hydrogen-bond acceptors (Lipinski definition) is 3. The third kappa shape index (κ3) is 3.59. The van der Waals surface area contributed by atoms with Crippen LogP contribution in [0.4, 0.5) is 5.00 Å². The summed E-state index contributed by atoms with van der Waals surface area (Å²) < 4.78 is 4.41. The largest absolute Gasteiger partial charge is 0.374 e. The number of hydrogen-bond donors (Lipinski definition) is 1. The van der Waals surface area contributed by atoms with Gasteiger partial charge in [0.25, 0.3) is 0 Å². The average Bonchev–Trinajstić information content (AvgIpc) is 2.67. The normalized spacial score (nSPS) is 13.8. The summed E-state index contributed by atoms with van der Waals surface area (Å²) in [7, 11) is 0. The summed E-state index contributed by atoms with van der Waals surface area (Å²) >= 11 is 7.86. The van der Waals surface area contributed by atoms with E-state index in [-0.39, 0.29) is 10.8 Å². The van der Waals surface area contributed by atoms with Gasteiger partial charge in [-0.1, -0.05) is 32.9 Å². The van der Waals surface area contributed by atoms with E-state index >= 15 is 0 Å². The fourth-order valence-electron chi connectivity index (χ4n) is 1.96. The second-order valence-electron chi connectivity index (χ2n) is 5.77. The fraction of sp³-hybridized carbons (Fsp3) is 0.500. The first kappa shape index (κ1) is 13.6. The zero-order valence-electron chi connectivity index (χ0n) is 11.0. The van der Waals surface area contributed by atoms with Crippen LogP contribution in [0.25, 0.3) is 10.9 Å². The highest BCUT2D eigenvalue weighted by molar-refractivity contribution is 7.11. The summed E-state index contributed by atoms with van der Waals surface area (Å²) in [6.45, 7) is 7.42. The zero-order chi connectivity index (χ0) is 13.2. The first-order valence-electron chi connectivity index (χ1n) is 6.18. The third-order valence-electron chi connectivity index (χ3n) is 2.70. The molecular formula is C14H19ClN2S. The van der Waals surface area contributed by atoms with Gasteiger partial charge in [0.1, 0.15) is 5.00 Å². The first-order chi connectivity index (χ1) is 8.46. The molecule has 0 saturated heterocycles. The molecule has 2 nitrogen and oxygen atoms in total. The Morgan fingerprint density at radius 3 is 2.78 bits per heavy atom. The number of alkyl halides is 1. The molecule has 0 aliphatic carbocycles. The zero-order valence-corrected chi connectivity index (χ0v) is 12.6. The number of benzene rings is 1. The van der Waals surface area contributed by atoms with Crippen molar-refractivity contribution in [2.75, 3.05) is 11.9 Å². The molecule has 1 aromatic heterocycles. The quantitative estimate of drug-likeness (QED) is 0.819. The molecule has 1 atom stereocenters. The molecule has 0 aliphatic heterocycles. The van der Waals surface area contributed by atoms with Crippen LogP contribution in [0.15, 0.2) is 24.3 Å². The van der Waals surface area contributed by atoms with Crippen molar-refractivity contribution in [1.29, 1.82) is 0 Å². The number of nitrogens with one attached hydrogen (secondary N) is 1. The Labute approximate surface area is 118 Å². The van der Waals surface area contributed by atoms with Crippen LogP contribution in [0, 0.1) is 5.41 Å². The van der Waals surface area contributed by atoms with E-state index in [4.69, 9.17) is 11.6 Å². The Balaban J connectivity index is 1.98. The predicted molar refractivity (Wildman–Crippen MR) is 81.8 cm³/mol. The summed E-state index contributed by atoms with van der Waals surface area (Å²) in [5, 5.41) is 5.86. The van der Waals surface area contributed by atoms with Gasteiger partial charge in [0.2, 0.25) is 0 Å². The van der Waals surface area contributed by atoms with Crippen LogP contribution in [0.3, 0.4) is 0 Å². The lowest BCUT2D eigenvalue weighted by Gasteiger charge is -2.22. The van der Waals surface area contributed by atoms with Gasteiger partial charge in [-0.2, -0.15) is 4.37 Å². The van der Waals surface area contributed by atoms with E-state index in [1.807, 2.05) is 18.2 Å². The van der Waals surface area contributed by atoms with Crippen molar-refractivity contribution in [3.05, 3.63) is 24.3 Å². The molecule has 2 rings (SSSR count). The molecule has 0 radical (unpaired) electrons. The van der Waals surface area contributed by atoms with Crippen molar-refractivity contribution in [1.82, 2.24) is 4.37 Å². The van der Waals surface area contributed by atoms with Crippen molar-refractivity contribution in [2.24, 2.45) is 5.41 Å². The Kier molecular flexibility index (Phi) is 4.13. The van der Waals surface area contributed by atoms with Gasteiger partial charge in [0.15, 0.2) is 0 Å². The molecule has 18 heavy (non-hydrogen) atoms. The Morgan fingerprint density at radius 2 is 2.06 bits per heavy atom. The molecule has 1 heterocycles. The minimum absolute atomic E-state index is 0.144. The smallest absolute Gasteiger partial charge is 0.117 e. The maximum atomic E-state index is 6.36. The fourth-order valence-corrected chi connectivity index (χ4v) is 3.26. The lowest BCUT2D eigenvalue weighted by Crippen LogP contribution is -2.20. The van der Waals surface area contributed by atoms with Crippen molar-refractivity contribution >= 4 is 39.0 Å². The van der Waals surface area contributed by atoms with Gasteiger partial charge in [0, 0.05) is 11.9 Å². The maximum Gasteiger partial charge on any atom is 0.117 e. The van der Waals surface area contributed by atoms with Gasteiger partial charge < -0.3 is 5.32 Å². The summed E-state index contributed by atoms with van der Waals surface area (Å²) in [5.41, 5.74) is 1.32. The Hall–Kier alpha value is -0.800. The van der Waals surface area contributed by atoms with Crippen LogP contribution in [0.2, 0.25) is 0 Å². The molecule has 0 amide bonds. The summed E-state index contributed by atoms with van der Waals surface area (Å²) in [4.78, 5) is 0. The molecule has 4 heteroatoms. The average molecular weight is 283 g/mol. The minimum Gasteiger partial charge on any atom is -0.374 e. The highest BCUT2D eigenvalue weighted by Gasteiger charge is 2.17. The SMILES string of the molecule is CC(C)(C)CC(Cl)CNc1snc2ccccc12. The first-order valence-corrected chi connectivity index (χ1v) is 7.39. The number of halogens is 1. The predicted octanol–water partition coefficient (Wildman–Crippen LogP) is 4.75. The second-order valence-corrected chi connectivity index (χ2v) is 7.16. The van der Waals surface area contributed by atoms with Crippen molar-refractivity contribution < 1.29 is 0 Å². The summed E-state index contributed by atoms with van der Waals surface area (Å²) in [5.74, 6) is 0. The molecule has 1 N–H and O–H groups in total. The number of aromatic nitrogens is 1. The monoisotopic (exact) mass is 282 g/mol. The Bertz CT molecular complexity index is 516. The van der Waals surface area contributed by atoms with Gasteiger partial charge in [-0.25, -0.2) is 0 Å². The van der Waals surface area contributed by atoms with Crippen LogP contribution in [-0.4, -0.2) is 16.3 Å². The number of fused-ring (bicyclic) bond motifs is 1. The minimum atomic E-state index is 0.144. The van der Waals surface area contributed by atoms with E-state index in [9.17, 15) is 0 Å². The molecule has 0 spiro atoms. The number of nitrogens with zero attached hydrogens (tertiary/aromatic N) is 1. The van der Waals surface area contributed by atoms with Crippen LogP contribution in [0.5, 0.6) is 0 Å². The Morgan fingerprint density at radius 1 is 1.33 bits per heavy atom. The number of rotatable bonds is 4. The van der Waals surface area contributed by atoms with Gasteiger partial charge >= 0.3 is 0 Å². The summed E-state index contributed by atoms with van der Waals surface area (Å²) in [6, 6.07) is 8.17. The highest BCUT2D eigenvalue weighted by atomic mass is 35.5. The van der Waals surface area contributed by atoms with E-state index in [2.05, 4.69) is 36.5 Å². The van der Waals surface area contributed by atoms with Gasteiger partial charge in [-0.3, -0.25) is 0 Å². The molecule has 0 saturated carbocycles. The molecule has 1 unspecified atom stereocenters. The molecule has 0 aliphatic rings. The molecule has 98 valence electrons. The lowest BCUT2D eigenvalue weighted by atomic mass is 9.90. The van der Waals surface area contributed by atoms with E-state index in [0.717, 1.165) is 23.5 Å². The van der Waals surface area contributed by atoms with E-state index in [1.165, 1.54) is 16.9 Å². The topological polar surface area (TPSA) is 24.9 Å². The van der Waals surface area contributed by atoms with Crippen LogP contribution >= 0.6 is 23.1 Å². The van der Waals surface area contributed by atoms with Gasteiger partial charge in [-0.15, -0.1) is 11.6 Å². The maximum absolute atomic E-state index is 6.36. The highest BCUT2D eigenvalue weighted by Crippen LogP contribution is 2.28.